The molecule has 2 aromatic carbocycles. The van der Waals surface area contributed by atoms with Crippen LogP contribution in [0.1, 0.15) is 35.1 Å². The van der Waals surface area contributed by atoms with Crippen LogP contribution >= 0.6 is 0 Å². The summed E-state index contributed by atoms with van der Waals surface area (Å²) in [4.78, 5) is 25.6. The van der Waals surface area contributed by atoms with Gasteiger partial charge in [-0.05, 0) is 62.8 Å². The Morgan fingerprint density at radius 1 is 1.04 bits per heavy atom. The van der Waals surface area contributed by atoms with Gasteiger partial charge in [0.2, 0.25) is 11.8 Å². The Balaban J connectivity index is 1.61. The number of carbonyl (C=O) groups excluding carboxylic acids is 2. The molecular weight excluding hydrogens is 352 g/mol. The van der Waals surface area contributed by atoms with Crippen LogP contribution in [0.5, 0.6) is 5.75 Å². The molecule has 0 spiro atoms. The average molecular weight is 380 g/mol. The maximum atomic E-state index is 12.9. The molecule has 0 unspecified atom stereocenters. The van der Waals surface area contributed by atoms with E-state index < -0.39 is 5.41 Å². The average Bonchev–Trinajstić information content (AvgIpc) is 3.47. The first-order valence-corrected chi connectivity index (χ1v) is 9.67. The van der Waals surface area contributed by atoms with Gasteiger partial charge in [0.05, 0.1) is 7.11 Å². The third kappa shape index (κ3) is 4.03. The van der Waals surface area contributed by atoms with Gasteiger partial charge in [-0.1, -0.05) is 35.9 Å². The first-order valence-electron chi connectivity index (χ1n) is 9.67. The van der Waals surface area contributed by atoms with E-state index in [1.165, 1.54) is 0 Å². The molecule has 0 bridgehead atoms. The number of ether oxygens (including phenoxy) is 1. The molecule has 1 aliphatic carbocycles. The lowest BCUT2D eigenvalue weighted by Gasteiger charge is -2.18. The summed E-state index contributed by atoms with van der Waals surface area (Å²) in [6.07, 6.45) is 1.83. The van der Waals surface area contributed by atoms with Crippen molar-refractivity contribution in [2.45, 2.75) is 40.0 Å². The number of methoxy groups -OCH3 is 1. The predicted octanol–water partition coefficient (Wildman–Crippen LogP) is 3.70. The zero-order chi connectivity index (χ0) is 20.3. The second-order valence-electron chi connectivity index (χ2n) is 7.63. The molecule has 1 saturated carbocycles. The summed E-state index contributed by atoms with van der Waals surface area (Å²) < 4.78 is 5.34. The van der Waals surface area contributed by atoms with Gasteiger partial charge >= 0.3 is 0 Å². The molecule has 3 rings (SSSR count). The van der Waals surface area contributed by atoms with Gasteiger partial charge in [0.15, 0.2) is 0 Å². The summed E-state index contributed by atoms with van der Waals surface area (Å²) in [6, 6.07) is 11.8. The molecular formula is C23H28N2O3. The molecule has 0 atom stereocenters. The number of benzene rings is 2. The fourth-order valence-corrected chi connectivity index (χ4v) is 3.68. The molecule has 2 N–H and O–H groups in total. The largest absolute Gasteiger partial charge is 0.496 e. The summed E-state index contributed by atoms with van der Waals surface area (Å²) in [5.41, 5.74) is 4.08. The minimum Gasteiger partial charge on any atom is -0.496 e. The van der Waals surface area contributed by atoms with Crippen LogP contribution < -0.4 is 15.4 Å². The number of amides is 2. The third-order valence-electron chi connectivity index (χ3n) is 5.41. The zero-order valence-electron chi connectivity index (χ0n) is 17.0. The Kier molecular flexibility index (Phi) is 5.73. The highest BCUT2D eigenvalue weighted by Crippen LogP contribution is 2.47. The fourth-order valence-electron chi connectivity index (χ4n) is 3.68. The molecule has 2 aromatic rings. The highest BCUT2D eigenvalue weighted by Gasteiger charge is 2.56. The van der Waals surface area contributed by atoms with E-state index in [-0.39, 0.29) is 11.8 Å². The van der Waals surface area contributed by atoms with E-state index >= 15 is 0 Å². The van der Waals surface area contributed by atoms with Crippen LogP contribution in [0.15, 0.2) is 36.4 Å². The SMILES string of the molecule is COc1ccccc1CCNC(=O)C1(C(=O)Nc2c(C)cc(C)cc2C)CC1. The normalized spacial score (nSPS) is 14.3. The van der Waals surface area contributed by atoms with Crippen molar-refractivity contribution in [2.75, 3.05) is 19.0 Å². The van der Waals surface area contributed by atoms with Crippen molar-refractivity contribution in [1.29, 1.82) is 0 Å². The first-order chi connectivity index (χ1) is 13.4. The monoisotopic (exact) mass is 380 g/mol. The van der Waals surface area contributed by atoms with E-state index in [0.717, 1.165) is 33.7 Å². The van der Waals surface area contributed by atoms with E-state index in [9.17, 15) is 9.59 Å². The lowest BCUT2D eigenvalue weighted by molar-refractivity contribution is -0.134. The molecule has 0 radical (unpaired) electrons. The Morgan fingerprint density at radius 3 is 2.29 bits per heavy atom. The second kappa shape index (κ2) is 8.05. The first kappa shape index (κ1) is 19.9. The molecule has 0 aliphatic heterocycles. The fraction of sp³-hybridized carbons (Fsp3) is 0.391. The summed E-state index contributed by atoms with van der Waals surface area (Å²) in [5, 5.41) is 5.93. The lowest BCUT2D eigenvalue weighted by atomic mass is 10.0. The van der Waals surface area contributed by atoms with Crippen LogP contribution in [0.3, 0.4) is 0 Å². The Bertz CT molecular complexity index is 877. The molecule has 0 heterocycles. The maximum absolute atomic E-state index is 12.9. The lowest BCUT2D eigenvalue weighted by Crippen LogP contribution is -2.40. The maximum Gasteiger partial charge on any atom is 0.240 e. The Morgan fingerprint density at radius 2 is 1.68 bits per heavy atom. The molecule has 148 valence electrons. The number of hydrogen-bond donors (Lipinski definition) is 2. The molecule has 0 saturated heterocycles. The smallest absolute Gasteiger partial charge is 0.240 e. The number of carbonyl (C=O) groups is 2. The number of aryl methyl sites for hydroxylation is 3. The molecule has 1 fully saturated rings. The van der Waals surface area contributed by atoms with Crippen molar-refractivity contribution < 1.29 is 14.3 Å². The van der Waals surface area contributed by atoms with Gasteiger partial charge < -0.3 is 15.4 Å². The van der Waals surface area contributed by atoms with E-state index in [1.54, 1.807) is 7.11 Å². The third-order valence-corrected chi connectivity index (χ3v) is 5.41. The number of nitrogens with one attached hydrogen (secondary N) is 2. The molecule has 1 aliphatic rings. The Labute approximate surface area is 166 Å². The summed E-state index contributed by atoms with van der Waals surface area (Å²) in [6.45, 7) is 6.45. The number of anilines is 1. The van der Waals surface area contributed by atoms with Crippen LogP contribution in [0.25, 0.3) is 0 Å². The zero-order valence-corrected chi connectivity index (χ0v) is 17.0. The van der Waals surface area contributed by atoms with Gasteiger partial charge in [-0.15, -0.1) is 0 Å². The van der Waals surface area contributed by atoms with Crippen molar-refractivity contribution in [3.05, 3.63) is 58.7 Å². The number of rotatable bonds is 7. The molecule has 28 heavy (non-hydrogen) atoms. The molecule has 0 aromatic heterocycles. The van der Waals surface area contributed by atoms with Crippen LogP contribution in [-0.2, 0) is 16.0 Å². The van der Waals surface area contributed by atoms with E-state index in [2.05, 4.69) is 10.6 Å². The predicted molar refractivity (Wildman–Crippen MR) is 111 cm³/mol. The molecule has 5 heteroatoms. The Hall–Kier alpha value is -2.82. The minimum absolute atomic E-state index is 0.192. The van der Waals surface area contributed by atoms with Crippen LogP contribution in [0.2, 0.25) is 0 Å². The quantitative estimate of drug-likeness (QED) is 0.720. The van der Waals surface area contributed by atoms with Gasteiger partial charge in [0.1, 0.15) is 11.2 Å². The van der Waals surface area contributed by atoms with Crippen molar-refractivity contribution in [2.24, 2.45) is 5.41 Å². The van der Waals surface area contributed by atoms with Gasteiger partial charge in [-0.3, -0.25) is 9.59 Å². The van der Waals surface area contributed by atoms with Crippen molar-refractivity contribution in [1.82, 2.24) is 5.32 Å². The summed E-state index contributed by atoms with van der Waals surface area (Å²) >= 11 is 0. The van der Waals surface area contributed by atoms with Crippen molar-refractivity contribution in [3.63, 3.8) is 0 Å². The number of para-hydroxylation sites is 1. The summed E-state index contributed by atoms with van der Waals surface area (Å²) in [7, 11) is 1.63. The number of hydrogen-bond acceptors (Lipinski definition) is 3. The van der Waals surface area contributed by atoms with Crippen LogP contribution in [-0.4, -0.2) is 25.5 Å². The standard InChI is InChI=1S/C23H28N2O3/c1-15-13-16(2)20(17(3)14-15)25-22(27)23(10-11-23)21(26)24-12-9-18-7-5-6-8-19(18)28-4/h5-8,13-14H,9-12H2,1-4H3,(H,24,26)(H,25,27). The van der Waals surface area contributed by atoms with Gasteiger partial charge in [0, 0.05) is 12.2 Å². The topological polar surface area (TPSA) is 67.4 Å². The van der Waals surface area contributed by atoms with Gasteiger partial charge in [-0.25, -0.2) is 0 Å². The minimum atomic E-state index is -0.940. The van der Waals surface area contributed by atoms with Gasteiger partial charge in [0.25, 0.3) is 0 Å². The van der Waals surface area contributed by atoms with Crippen LogP contribution in [0.4, 0.5) is 5.69 Å². The van der Waals surface area contributed by atoms with E-state index in [0.29, 0.717) is 25.8 Å². The van der Waals surface area contributed by atoms with Crippen molar-refractivity contribution in [3.8, 4) is 5.75 Å². The van der Waals surface area contributed by atoms with E-state index in [4.69, 9.17) is 4.74 Å². The highest BCUT2D eigenvalue weighted by atomic mass is 16.5. The van der Waals surface area contributed by atoms with Gasteiger partial charge in [-0.2, -0.15) is 0 Å². The van der Waals surface area contributed by atoms with Crippen molar-refractivity contribution >= 4 is 17.5 Å². The summed E-state index contributed by atoms with van der Waals surface area (Å²) in [5.74, 6) is 0.403. The van der Waals surface area contributed by atoms with Crippen LogP contribution in [0, 0.1) is 26.2 Å². The highest BCUT2D eigenvalue weighted by molar-refractivity contribution is 6.13. The molecule has 2 amide bonds. The second-order valence-corrected chi connectivity index (χ2v) is 7.63. The van der Waals surface area contributed by atoms with E-state index in [1.807, 2.05) is 57.2 Å². The molecule has 5 nitrogen and oxygen atoms in total.